The first kappa shape index (κ1) is 23.1. The highest BCUT2D eigenvalue weighted by molar-refractivity contribution is 7.92. The zero-order chi connectivity index (χ0) is 24.0. The van der Waals surface area contributed by atoms with Crippen LogP contribution in [0.5, 0.6) is 11.5 Å². The predicted molar refractivity (Wildman–Crippen MR) is 135 cm³/mol. The van der Waals surface area contributed by atoms with Gasteiger partial charge in [-0.2, -0.15) is 0 Å². The summed E-state index contributed by atoms with van der Waals surface area (Å²) in [7, 11) is -3.67. The maximum atomic E-state index is 13.3. The largest absolute Gasteiger partial charge is 0.455 e. The molecule has 0 aliphatic heterocycles. The number of sulfonamides is 1. The number of rotatable bonds is 8. The van der Waals surface area contributed by atoms with Crippen molar-refractivity contribution in [3.05, 3.63) is 120 Å². The van der Waals surface area contributed by atoms with Crippen LogP contribution in [0.4, 0.5) is 11.4 Å². The fourth-order valence-electron chi connectivity index (χ4n) is 3.48. The van der Waals surface area contributed by atoms with Crippen LogP contribution in [-0.4, -0.2) is 20.6 Å². The summed E-state index contributed by atoms with van der Waals surface area (Å²) in [6, 6.07) is 32.2. The smallest absolute Gasteiger partial charge is 0.257 e. The first-order valence-corrected chi connectivity index (χ1v) is 12.5. The topological polar surface area (TPSA) is 75.7 Å². The summed E-state index contributed by atoms with van der Waals surface area (Å²) in [6.45, 7) is 0.109. The van der Waals surface area contributed by atoms with Crippen molar-refractivity contribution in [1.82, 2.24) is 0 Å². The van der Waals surface area contributed by atoms with Crippen LogP contribution in [0.3, 0.4) is 0 Å². The van der Waals surface area contributed by atoms with E-state index in [2.05, 4.69) is 5.32 Å². The number of hydrogen-bond acceptors (Lipinski definition) is 4. The highest BCUT2D eigenvalue weighted by Crippen LogP contribution is 2.31. The fraction of sp³-hybridized carbons (Fsp3) is 0.0741. The molecule has 6 nitrogen and oxygen atoms in total. The van der Waals surface area contributed by atoms with Crippen LogP contribution in [0.15, 0.2) is 109 Å². The number of carbonyl (C=O) groups is 1. The molecule has 0 aromatic heterocycles. The fourth-order valence-corrected chi connectivity index (χ4v) is 4.38. The Morgan fingerprint density at radius 1 is 0.794 bits per heavy atom. The van der Waals surface area contributed by atoms with E-state index in [1.807, 2.05) is 66.7 Å². The third-order valence-electron chi connectivity index (χ3n) is 5.09. The lowest BCUT2D eigenvalue weighted by atomic mass is 10.1. The van der Waals surface area contributed by atoms with E-state index in [-0.39, 0.29) is 12.1 Å². The van der Waals surface area contributed by atoms with Crippen molar-refractivity contribution in [2.75, 3.05) is 15.9 Å². The number of nitrogens with one attached hydrogen (secondary N) is 1. The molecule has 0 heterocycles. The van der Waals surface area contributed by atoms with Gasteiger partial charge in [0.25, 0.3) is 5.91 Å². The second-order valence-corrected chi connectivity index (χ2v) is 9.54. The number of amides is 1. The number of anilines is 2. The molecule has 0 fully saturated rings. The second kappa shape index (κ2) is 10.2. The van der Waals surface area contributed by atoms with Crippen molar-refractivity contribution in [2.24, 2.45) is 0 Å². The molecule has 0 aliphatic rings. The zero-order valence-corrected chi connectivity index (χ0v) is 19.4. The lowest BCUT2D eigenvalue weighted by Gasteiger charge is -2.25. The second-order valence-electron chi connectivity index (χ2n) is 7.64. The minimum Gasteiger partial charge on any atom is -0.455 e. The molecule has 0 unspecified atom stereocenters. The van der Waals surface area contributed by atoms with Crippen molar-refractivity contribution in [3.63, 3.8) is 0 Å². The van der Waals surface area contributed by atoms with E-state index in [0.29, 0.717) is 22.9 Å². The molecule has 0 radical (unpaired) electrons. The minimum atomic E-state index is -3.67. The Morgan fingerprint density at radius 2 is 1.38 bits per heavy atom. The van der Waals surface area contributed by atoms with Crippen LogP contribution in [0, 0.1) is 0 Å². The highest BCUT2D eigenvalue weighted by Gasteiger charge is 2.24. The standard InChI is InChI=1S/C27H24N2O4S/c1-34(31,32)29(20-21-12-4-2-5-13-21)25-18-10-8-16-23(25)27(30)28-24-17-9-11-19-26(24)33-22-14-6-3-7-15-22/h2-19H,20H2,1H3,(H,28,30). The van der Waals surface area contributed by atoms with Gasteiger partial charge in [0.1, 0.15) is 5.75 Å². The Morgan fingerprint density at radius 3 is 2.09 bits per heavy atom. The molecule has 34 heavy (non-hydrogen) atoms. The van der Waals surface area contributed by atoms with Gasteiger partial charge in [0, 0.05) is 0 Å². The summed E-state index contributed by atoms with van der Waals surface area (Å²) < 4.78 is 32.6. The average molecular weight is 473 g/mol. The Labute approximate surface area is 199 Å². The molecular formula is C27H24N2O4S. The van der Waals surface area contributed by atoms with Gasteiger partial charge in [-0.15, -0.1) is 0 Å². The maximum Gasteiger partial charge on any atom is 0.257 e. The van der Waals surface area contributed by atoms with Crippen LogP contribution in [0.25, 0.3) is 0 Å². The normalized spacial score (nSPS) is 11.0. The molecule has 0 aliphatic carbocycles. The summed E-state index contributed by atoms with van der Waals surface area (Å²) >= 11 is 0. The van der Waals surface area contributed by atoms with Crippen LogP contribution < -0.4 is 14.4 Å². The van der Waals surface area contributed by atoms with Crippen molar-refractivity contribution < 1.29 is 17.9 Å². The minimum absolute atomic E-state index is 0.109. The van der Waals surface area contributed by atoms with E-state index in [0.717, 1.165) is 11.8 Å². The summed E-state index contributed by atoms with van der Waals surface area (Å²) in [4.78, 5) is 13.3. The van der Waals surface area contributed by atoms with Gasteiger partial charge >= 0.3 is 0 Å². The lowest BCUT2D eigenvalue weighted by Crippen LogP contribution is -2.31. The van der Waals surface area contributed by atoms with Crippen LogP contribution in [-0.2, 0) is 16.6 Å². The van der Waals surface area contributed by atoms with Crippen molar-refractivity contribution in [1.29, 1.82) is 0 Å². The van der Waals surface area contributed by atoms with Gasteiger partial charge in [0.05, 0.1) is 29.7 Å². The van der Waals surface area contributed by atoms with E-state index >= 15 is 0 Å². The van der Waals surface area contributed by atoms with Crippen LogP contribution in [0.1, 0.15) is 15.9 Å². The number of ether oxygens (including phenoxy) is 1. The summed E-state index contributed by atoms with van der Waals surface area (Å²) in [5.41, 5.74) is 1.82. The van der Waals surface area contributed by atoms with Crippen molar-refractivity contribution in [2.45, 2.75) is 6.54 Å². The predicted octanol–water partition coefficient (Wildman–Crippen LogP) is 5.70. The summed E-state index contributed by atoms with van der Waals surface area (Å²) in [5.74, 6) is 0.668. The van der Waals surface area contributed by atoms with Gasteiger partial charge in [-0.25, -0.2) is 8.42 Å². The van der Waals surface area contributed by atoms with E-state index in [9.17, 15) is 13.2 Å². The third kappa shape index (κ3) is 5.63. The van der Waals surface area contributed by atoms with Gasteiger partial charge in [0.15, 0.2) is 5.75 Å². The van der Waals surface area contributed by atoms with Crippen LogP contribution in [0.2, 0.25) is 0 Å². The molecule has 0 atom stereocenters. The number of carbonyl (C=O) groups excluding carboxylic acids is 1. The Kier molecular flexibility index (Phi) is 6.94. The quantitative estimate of drug-likeness (QED) is 0.357. The highest BCUT2D eigenvalue weighted by atomic mass is 32.2. The Hall–Kier alpha value is -4.10. The average Bonchev–Trinajstić information content (AvgIpc) is 2.84. The molecule has 0 saturated carbocycles. The molecule has 0 saturated heterocycles. The molecular weight excluding hydrogens is 448 g/mol. The zero-order valence-electron chi connectivity index (χ0n) is 18.6. The van der Waals surface area contributed by atoms with E-state index in [4.69, 9.17) is 4.74 Å². The number of nitrogens with zero attached hydrogens (tertiary/aromatic N) is 1. The SMILES string of the molecule is CS(=O)(=O)N(Cc1ccccc1)c1ccccc1C(=O)Nc1ccccc1Oc1ccccc1. The molecule has 1 N–H and O–H groups in total. The monoisotopic (exact) mass is 472 g/mol. The van der Waals surface area contributed by atoms with Gasteiger partial charge in [-0.05, 0) is 42.0 Å². The summed E-state index contributed by atoms with van der Waals surface area (Å²) in [5, 5.41) is 2.87. The number of hydrogen-bond donors (Lipinski definition) is 1. The van der Waals surface area contributed by atoms with Gasteiger partial charge in [0.2, 0.25) is 10.0 Å². The first-order valence-electron chi connectivity index (χ1n) is 10.7. The maximum absolute atomic E-state index is 13.3. The van der Waals surface area contributed by atoms with Crippen molar-refractivity contribution in [3.8, 4) is 11.5 Å². The Bertz CT molecular complexity index is 1370. The summed E-state index contributed by atoms with van der Waals surface area (Å²) in [6.07, 6.45) is 1.13. The number of para-hydroxylation sites is 4. The first-order chi connectivity index (χ1) is 16.4. The molecule has 4 rings (SSSR count). The Balaban J connectivity index is 1.65. The molecule has 4 aromatic rings. The lowest BCUT2D eigenvalue weighted by molar-refractivity contribution is 0.102. The van der Waals surface area contributed by atoms with E-state index < -0.39 is 15.9 Å². The molecule has 7 heteroatoms. The van der Waals surface area contributed by atoms with E-state index in [1.165, 1.54) is 4.31 Å². The van der Waals surface area contributed by atoms with Gasteiger partial charge in [-0.3, -0.25) is 9.10 Å². The third-order valence-corrected chi connectivity index (χ3v) is 6.22. The number of benzene rings is 4. The van der Waals surface area contributed by atoms with Gasteiger partial charge < -0.3 is 10.1 Å². The molecule has 1 amide bonds. The van der Waals surface area contributed by atoms with Crippen LogP contribution >= 0.6 is 0 Å². The van der Waals surface area contributed by atoms with E-state index in [1.54, 1.807) is 42.5 Å². The van der Waals surface area contributed by atoms with Crippen molar-refractivity contribution >= 4 is 27.3 Å². The molecule has 0 spiro atoms. The molecule has 172 valence electrons. The van der Waals surface area contributed by atoms with Gasteiger partial charge in [-0.1, -0.05) is 72.8 Å². The molecule has 0 bridgehead atoms. The molecule has 4 aromatic carbocycles.